The van der Waals surface area contributed by atoms with Crippen molar-refractivity contribution < 1.29 is 37.6 Å². The molecular formula is C22H42N2O8Si3. The van der Waals surface area contributed by atoms with Gasteiger partial charge in [-0.2, -0.15) is 0 Å². The lowest BCUT2D eigenvalue weighted by atomic mass is 10.1. The summed E-state index contributed by atoms with van der Waals surface area (Å²) in [6.07, 6.45) is 0.179. The van der Waals surface area contributed by atoms with E-state index in [0.29, 0.717) is 19.5 Å². The maximum Gasteiger partial charge on any atom is 0.331 e. The Balaban J connectivity index is 5.03. The molecule has 0 rings (SSSR count). The quantitative estimate of drug-likeness (QED) is 0.115. The Morgan fingerprint density at radius 2 is 1.40 bits per heavy atom. The Morgan fingerprint density at radius 3 is 1.89 bits per heavy atom. The van der Waals surface area contributed by atoms with Crippen molar-refractivity contribution in [2.75, 3.05) is 13.1 Å². The molecule has 0 spiro atoms. The Kier molecular flexibility index (Phi) is 13.2. The summed E-state index contributed by atoms with van der Waals surface area (Å²) in [4.78, 5) is 46.6. The Morgan fingerprint density at radius 1 is 0.886 bits per heavy atom. The molecule has 0 aromatic heterocycles. The highest BCUT2D eigenvalue weighted by molar-refractivity contribution is 6.89. The van der Waals surface area contributed by atoms with Gasteiger partial charge in [0, 0.05) is 24.1 Å². The van der Waals surface area contributed by atoms with Crippen LogP contribution >= 0.6 is 0 Å². The van der Waals surface area contributed by atoms with E-state index in [-0.39, 0.29) is 35.7 Å². The maximum atomic E-state index is 12.9. The second-order valence-electron chi connectivity index (χ2n) is 10.0. The molecule has 1 unspecified atom stereocenters. The predicted molar refractivity (Wildman–Crippen MR) is 142 cm³/mol. The van der Waals surface area contributed by atoms with Gasteiger partial charge in [-0.25, -0.2) is 9.59 Å². The van der Waals surface area contributed by atoms with Gasteiger partial charge in [-0.3, -0.25) is 9.59 Å². The van der Waals surface area contributed by atoms with Gasteiger partial charge in [-0.05, 0) is 58.3 Å². The zero-order chi connectivity index (χ0) is 27.6. The number of aliphatic carboxylic acids is 2. The fraction of sp³-hybridized carbons (Fsp3) is 0.636. The van der Waals surface area contributed by atoms with Crippen LogP contribution in [0.5, 0.6) is 0 Å². The summed E-state index contributed by atoms with van der Waals surface area (Å²) in [5.41, 5.74) is -0.901. The number of amides is 1. The van der Waals surface area contributed by atoms with Crippen molar-refractivity contribution in [1.82, 2.24) is 10.6 Å². The highest BCUT2D eigenvalue weighted by Crippen LogP contribution is 2.26. The third-order valence-corrected chi connectivity index (χ3v) is 16.8. The number of rotatable bonds is 18. The lowest BCUT2D eigenvalue weighted by molar-refractivity contribution is -0.134. The smallest absolute Gasteiger partial charge is 0.331 e. The molecule has 0 radical (unpaired) electrons. The van der Waals surface area contributed by atoms with Crippen molar-refractivity contribution in [2.45, 2.75) is 77.2 Å². The van der Waals surface area contributed by atoms with Gasteiger partial charge in [0.25, 0.3) is 0 Å². The molecule has 0 bridgehead atoms. The van der Waals surface area contributed by atoms with Gasteiger partial charge in [-0.15, -0.1) is 0 Å². The standard InChI is InChI=1S/C22H42N2O8Si3/c1-10-23-20(18(25)14-16(2)21(27)28)34(6,7)32-35(8,9)31-33(4,5)13-11-12-24-19(26)15-17(3)22(29)30/h20,23H,2-3,10-15H2,1,4-9H3,(H,24,26)(H,27,28)(H,29,30). The average molecular weight is 547 g/mol. The van der Waals surface area contributed by atoms with Crippen molar-refractivity contribution in [3.63, 3.8) is 0 Å². The Bertz CT molecular complexity index is 828. The molecule has 0 aliphatic heterocycles. The number of carboxylic acids is 2. The van der Waals surface area contributed by atoms with E-state index in [1.165, 1.54) is 0 Å². The number of ketones is 1. The van der Waals surface area contributed by atoms with Crippen LogP contribution in [0.3, 0.4) is 0 Å². The third-order valence-electron chi connectivity index (χ3n) is 5.10. The Hall–Kier alpha value is -1.91. The molecule has 0 aromatic rings. The van der Waals surface area contributed by atoms with Gasteiger partial charge in [0.1, 0.15) is 0 Å². The average Bonchev–Trinajstić information content (AvgIpc) is 2.66. The molecule has 4 N–H and O–H groups in total. The molecule has 13 heteroatoms. The van der Waals surface area contributed by atoms with E-state index in [2.05, 4.69) is 36.9 Å². The molecule has 0 saturated heterocycles. The number of hydrogen-bond acceptors (Lipinski definition) is 7. The summed E-state index contributed by atoms with van der Waals surface area (Å²) in [6, 6.07) is 0.753. The van der Waals surface area contributed by atoms with Crippen LogP contribution < -0.4 is 10.6 Å². The van der Waals surface area contributed by atoms with Crippen LogP contribution in [0, 0.1) is 0 Å². The minimum Gasteiger partial charge on any atom is -0.478 e. The first-order valence-electron chi connectivity index (χ1n) is 11.6. The molecule has 1 amide bonds. The number of Topliss-reactive ketones (excluding diaryl/α,β-unsaturated/α-hetero) is 1. The van der Waals surface area contributed by atoms with E-state index in [4.69, 9.17) is 18.4 Å². The number of nitrogens with one attached hydrogen (secondary N) is 2. The molecule has 0 fully saturated rings. The summed E-state index contributed by atoms with van der Waals surface area (Å²) in [5, 5.41) is 23.8. The highest BCUT2D eigenvalue weighted by Gasteiger charge is 2.45. The topological polar surface area (TPSA) is 151 Å². The van der Waals surface area contributed by atoms with Crippen molar-refractivity contribution in [3.8, 4) is 0 Å². The number of carboxylic acid groups (broad SMARTS) is 2. The van der Waals surface area contributed by atoms with E-state index in [9.17, 15) is 19.2 Å². The van der Waals surface area contributed by atoms with Crippen LogP contribution in [0.2, 0.25) is 45.3 Å². The lowest BCUT2D eigenvalue weighted by Gasteiger charge is -2.41. The first kappa shape index (κ1) is 33.1. The second kappa shape index (κ2) is 14.0. The van der Waals surface area contributed by atoms with Crippen molar-refractivity contribution >= 4 is 48.8 Å². The number of carbonyl (C=O) groups is 4. The van der Waals surface area contributed by atoms with Gasteiger partial charge < -0.3 is 29.1 Å². The molecule has 0 aromatic carbocycles. The van der Waals surface area contributed by atoms with Crippen LogP contribution in [0.15, 0.2) is 24.3 Å². The first-order valence-corrected chi connectivity index (χ1v) is 20.5. The van der Waals surface area contributed by atoms with E-state index < -0.39 is 42.8 Å². The number of hydrogen-bond donors (Lipinski definition) is 4. The third kappa shape index (κ3) is 13.1. The summed E-state index contributed by atoms with van der Waals surface area (Å²) in [5.74, 6) is -3.01. The summed E-state index contributed by atoms with van der Waals surface area (Å²) in [6.45, 7) is 21.5. The molecular weight excluding hydrogens is 505 g/mol. The summed E-state index contributed by atoms with van der Waals surface area (Å²) in [7, 11) is -7.53. The Labute approximate surface area is 211 Å². The molecule has 0 aliphatic carbocycles. The summed E-state index contributed by atoms with van der Waals surface area (Å²) >= 11 is 0. The maximum absolute atomic E-state index is 12.9. The zero-order valence-electron chi connectivity index (χ0n) is 22.1. The number of likely N-dealkylation sites (N-methyl/N-ethyl adjacent to an activating group) is 1. The van der Waals surface area contributed by atoms with Crippen LogP contribution in [0.25, 0.3) is 0 Å². The minimum atomic E-state index is -2.68. The van der Waals surface area contributed by atoms with Gasteiger partial charge in [0.15, 0.2) is 22.4 Å². The van der Waals surface area contributed by atoms with Crippen LogP contribution in [0.4, 0.5) is 0 Å². The minimum absolute atomic E-state index is 0.150. The fourth-order valence-corrected chi connectivity index (χ4v) is 18.3. The molecule has 0 saturated carbocycles. The molecule has 0 aliphatic rings. The van der Waals surface area contributed by atoms with E-state index in [1.54, 1.807) is 0 Å². The fourth-order valence-electron chi connectivity index (χ4n) is 3.84. The van der Waals surface area contributed by atoms with E-state index >= 15 is 0 Å². The van der Waals surface area contributed by atoms with Crippen molar-refractivity contribution in [3.05, 3.63) is 24.3 Å². The first-order chi connectivity index (χ1) is 15.8. The largest absolute Gasteiger partial charge is 0.478 e. The molecule has 0 heterocycles. The SMILES string of the molecule is C=C(CC(=O)NCCC[Si](C)(C)O[Si](C)(C)O[Si](C)(C)C(NCC)C(=O)CC(=C)C(=O)O)C(=O)O. The van der Waals surface area contributed by atoms with Gasteiger partial charge >= 0.3 is 20.5 Å². The summed E-state index contributed by atoms with van der Waals surface area (Å²) < 4.78 is 13.1. The molecule has 200 valence electrons. The molecule has 10 nitrogen and oxygen atoms in total. The van der Waals surface area contributed by atoms with Gasteiger partial charge in [0.05, 0.1) is 12.1 Å². The lowest BCUT2D eigenvalue weighted by Crippen LogP contribution is -2.63. The zero-order valence-corrected chi connectivity index (χ0v) is 25.1. The van der Waals surface area contributed by atoms with Gasteiger partial charge in [0.2, 0.25) is 5.91 Å². The number of carbonyl (C=O) groups excluding carboxylic acids is 2. The monoisotopic (exact) mass is 546 g/mol. The van der Waals surface area contributed by atoms with E-state index in [0.717, 1.165) is 6.04 Å². The predicted octanol–water partition coefficient (Wildman–Crippen LogP) is 2.79. The highest BCUT2D eigenvalue weighted by atomic mass is 28.5. The second-order valence-corrected chi connectivity index (χ2v) is 22.3. The van der Waals surface area contributed by atoms with Crippen molar-refractivity contribution in [1.29, 1.82) is 0 Å². The van der Waals surface area contributed by atoms with E-state index in [1.807, 2.05) is 33.1 Å². The van der Waals surface area contributed by atoms with Crippen molar-refractivity contribution in [2.24, 2.45) is 0 Å². The molecule has 35 heavy (non-hydrogen) atoms. The molecule has 1 atom stereocenters. The normalized spacial score (nSPS) is 13.1. The van der Waals surface area contributed by atoms with Crippen LogP contribution in [-0.2, 0) is 27.4 Å². The van der Waals surface area contributed by atoms with Gasteiger partial charge in [-0.1, -0.05) is 20.1 Å². The van der Waals surface area contributed by atoms with Crippen LogP contribution in [0.1, 0.15) is 26.2 Å². The van der Waals surface area contributed by atoms with Crippen LogP contribution in [-0.4, -0.2) is 77.8 Å².